The van der Waals surface area contributed by atoms with Crippen LogP contribution in [0.25, 0.3) is 0 Å². The van der Waals surface area contributed by atoms with Crippen molar-refractivity contribution in [1.82, 2.24) is 10.2 Å². The molecule has 0 fully saturated rings. The number of carbonyl (C=O) groups is 2. The first-order chi connectivity index (χ1) is 17.2. The predicted octanol–water partition coefficient (Wildman–Crippen LogP) is 5.40. The Labute approximate surface area is 214 Å². The summed E-state index contributed by atoms with van der Waals surface area (Å²) in [4.78, 5) is 27.3. The van der Waals surface area contributed by atoms with Gasteiger partial charge in [-0.2, -0.15) is 0 Å². The fourth-order valence-electron chi connectivity index (χ4n) is 3.65. The van der Waals surface area contributed by atoms with Crippen molar-refractivity contribution in [2.24, 2.45) is 0 Å². The second-order valence-electron chi connectivity index (χ2n) is 9.76. The first-order valence-corrected chi connectivity index (χ1v) is 12.2. The van der Waals surface area contributed by atoms with Crippen LogP contribution < -0.4 is 10.1 Å². The average Bonchev–Trinajstić information content (AvgIpc) is 2.86. The van der Waals surface area contributed by atoms with E-state index in [1.165, 1.54) is 4.90 Å². The van der Waals surface area contributed by atoms with Crippen molar-refractivity contribution < 1.29 is 19.1 Å². The first kappa shape index (κ1) is 26.8. The molecule has 6 nitrogen and oxygen atoms in total. The van der Waals surface area contributed by atoms with Gasteiger partial charge in [0, 0.05) is 20.0 Å². The molecule has 0 aliphatic heterocycles. The predicted molar refractivity (Wildman–Crippen MR) is 142 cm³/mol. The third-order valence-corrected chi connectivity index (χ3v) is 5.61. The van der Waals surface area contributed by atoms with E-state index < -0.39 is 17.7 Å². The van der Waals surface area contributed by atoms with E-state index in [-0.39, 0.29) is 5.91 Å². The van der Waals surface area contributed by atoms with Crippen LogP contribution >= 0.6 is 0 Å². The molecular weight excluding hydrogens is 452 g/mol. The highest BCUT2D eigenvalue weighted by atomic mass is 16.6. The third kappa shape index (κ3) is 8.77. The fourth-order valence-corrected chi connectivity index (χ4v) is 3.65. The largest absolute Gasteiger partial charge is 0.489 e. The van der Waals surface area contributed by atoms with Crippen molar-refractivity contribution in [1.29, 1.82) is 0 Å². The molecular formula is C30H36N2O4. The van der Waals surface area contributed by atoms with Gasteiger partial charge >= 0.3 is 6.09 Å². The van der Waals surface area contributed by atoms with Crippen LogP contribution in [0.15, 0.2) is 84.9 Å². The number of benzene rings is 3. The van der Waals surface area contributed by atoms with Gasteiger partial charge in [-0.15, -0.1) is 0 Å². The second-order valence-corrected chi connectivity index (χ2v) is 9.76. The Balaban J connectivity index is 1.65. The number of ether oxygens (including phenoxy) is 2. The molecule has 0 saturated heterocycles. The summed E-state index contributed by atoms with van der Waals surface area (Å²) in [5.41, 5.74) is 2.49. The zero-order chi connectivity index (χ0) is 26.0. The van der Waals surface area contributed by atoms with Crippen molar-refractivity contribution in [3.05, 3.63) is 102 Å². The van der Waals surface area contributed by atoms with E-state index in [0.29, 0.717) is 26.0 Å². The van der Waals surface area contributed by atoms with E-state index in [1.807, 2.05) is 106 Å². The Hall–Kier alpha value is -3.80. The summed E-state index contributed by atoms with van der Waals surface area (Å²) in [5.74, 6) is 0.524. The molecule has 36 heavy (non-hydrogen) atoms. The Morgan fingerprint density at radius 3 is 2.00 bits per heavy atom. The molecule has 0 heterocycles. The highest BCUT2D eigenvalue weighted by Gasteiger charge is 2.30. The SMILES string of the molecule is CN(C(=O)OC(C)(C)C)[C@@H](Cc1ccc(OCc2ccccc2)cc1)C(=O)NCCc1ccccc1. The first-order valence-electron chi connectivity index (χ1n) is 12.2. The van der Waals surface area contributed by atoms with Crippen LogP contribution in [0.1, 0.15) is 37.5 Å². The number of hydrogen-bond acceptors (Lipinski definition) is 4. The number of hydrogen-bond donors (Lipinski definition) is 1. The lowest BCUT2D eigenvalue weighted by molar-refractivity contribution is -0.125. The number of nitrogens with one attached hydrogen (secondary N) is 1. The van der Waals surface area contributed by atoms with Gasteiger partial charge in [0.05, 0.1) is 0 Å². The molecule has 3 aromatic rings. The maximum atomic E-state index is 13.2. The minimum absolute atomic E-state index is 0.219. The minimum atomic E-state index is -0.716. The Bertz CT molecular complexity index is 1090. The van der Waals surface area contributed by atoms with E-state index in [2.05, 4.69) is 5.32 Å². The molecule has 1 atom stereocenters. The van der Waals surface area contributed by atoms with Crippen LogP contribution in [0.3, 0.4) is 0 Å². The van der Waals surface area contributed by atoms with Gasteiger partial charge in [-0.25, -0.2) is 4.79 Å². The fraction of sp³-hybridized carbons (Fsp3) is 0.333. The van der Waals surface area contributed by atoms with Crippen LogP contribution in [-0.4, -0.2) is 42.1 Å². The van der Waals surface area contributed by atoms with Crippen LogP contribution in [0, 0.1) is 0 Å². The molecule has 190 valence electrons. The summed E-state index contributed by atoms with van der Waals surface area (Å²) >= 11 is 0. The van der Waals surface area contributed by atoms with Gasteiger partial charge in [-0.05, 0) is 56.0 Å². The lowest BCUT2D eigenvalue weighted by Crippen LogP contribution is -2.50. The highest BCUT2D eigenvalue weighted by Crippen LogP contribution is 2.18. The van der Waals surface area contributed by atoms with E-state index in [9.17, 15) is 9.59 Å². The number of likely N-dealkylation sites (N-methyl/N-ethyl adjacent to an activating group) is 1. The highest BCUT2D eigenvalue weighted by molar-refractivity contribution is 5.86. The van der Waals surface area contributed by atoms with Crippen LogP contribution in [-0.2, 0) is 29.0 Å². The van der Waals surface area contributed by atoms with Gasteiger partial charge in [0.2, 0.25) is 5.91 Å². The van der Waals surface area contributed by atoms with Gasteiger partial charge in [-0.3, -0.25) is 9.69 Å². The normalized spacial score (nSPS) is 11.9. The van der Waals surface area contributed by atoms with Crippen molar-refractivity contribution in [3.63, 3.8) is 0 Å². The van der Waals surface area contributed by atoms with E-state index in [1.54, 1.807) is 7.05 Å². The van der Waals surface area contributed by atoms with Crippen LogP contribution in [0.4, 0.5) is 4.79 Å². The summed E-state index contributed by atoms with van der Waals surface area (Å²) < 4.78 is 11.4. The number of nitrogens with zero attached hydrogens (tertiary/aromatic N) is 1. The lowest BCUT2D eigenvalue weighted by atomic mass is 10.0. The lowest BCUT2D eigenvalue weighted by Gasteiger charge is -2.30. The molecule has 2 amide bonds. The Morgan fingerprint density at radius 2 is 1.42 bits per heavy atom. The molecule has 3 rings (SSSR count). The van der Waals surface area contributed by atoms with Gasteiger partial charge in [0.1, 0.15) is 24.0 Å². The van der Waals surface area contributed by atoms with Crippen molar-refractivity contribution in [3.8, 4) is 5.75 Å². The van der Waals surface area contributed by atoms with Gasteiger partial charge in [0.15, 0.2) is 0 Å². The average molecular weight is 489 g/mol. The zero-order valence-corrected chi connectivity index (χ0v) is 21.6. The quantitative estimate of drug-likeness (QED) is 0.415. The van der Waals surface area contributed by atoms with Crippen LogP contribution in [0.5, 0.6) is 5.75 Å². The smallest absolute Gasteiger partial charge is 0.410 e. The number of carbonyl (C=O) groups excluding carboxylic acids is 2. The topological polar surface area (TPSA) is 67.9 Å². The van der Waals surface area contributed by atoms with Gasteiger partial charge in [-0.1, -0.05) is 72.8 Å². The van der Waals surface area contributed by atoms with Crippen molar-refractivity contribution in [2.45, 2.75) is 51.9 Å². The molecule has 0 spiro atoms. The standard InChI is InChI=1S/C30H36N2O4/c1-30(2,3)36-29(34)32(4)27(28(33)31-20-19-23-11-7-5-8-12-23)21-24-15-17-26(18-16-24)35-22-25-13-9-6-10-14-25/h5-18,27H,19-22H2,1-4H3,(H,31,33)/t27-/m0/s1. The summed E-state index contributed by atoms with van der Waals surface area (Å²) in [7, 11) is 1.60. The minimum Gasteiger partial charge on any atom is -0.489 e. The molecule has 6 heteroatoms. The molecule has 1 N–H and O–H groups in total. The molecule has 0 unspecified atom stereocenters. The summed E-state index contributed by atoms with van der Waals surface area (Å²) in [6.07, 6.45) is 0.530. The monoisotopic (exact) mass is 488 g/mol. The van der Waals surface area contributed by atoms with E-state index >= 15 is 0 Å². The van der Waals surface area contributed by atoms with Gasteiger partial charge in [0.25, 0.3) is 0 Å². The summed E-state index contributed by atoms with van der Waals surface area (Å²) in [5, 5.41) is 2.99. The summed E-state index contributed by atoms with van der Waals surface area (Å²) in [6.45, 7) is 6.38. The Morgan fingerprint density at radius 1 is 0.833 bits per heavy atom. The number of amides is 2. The van der Waals surface area contributed by atoms with Crippen LogP contribution in [0.2, 0.25) is 0 Å². The maximum Gasteiger partial charge on any atom is 0.410 e. The third-order valence-electron chi connectivity index (χ3n) is 5.61. The maximum absolute atomic E-state index is 13.2. The molecule has 0 saturated carbocycles. The zero-order valence-electron chi connectivity index (χ0n) is 21.6. The van der Waals surface area contributed by atoms with Gasteiger partial charge < -0.3 is 14.8 Å². The van der Waals surface area contributed by atoms with E-state index in [4.69, 9.17) is 9.47 Å². The number of rotatable bonds is 10. The molecule has 0 aliphatic rings. The van der Waals surface area contributed by atoms with Crippen molar-refractivity contribution in [2.75, 3.05) is 13.6 Å². The molecule has 0 bridgehead atoms. The molecule has 0 aliphatic carbocycles. The molecule has 0 aromatic heterocycles. The summed E-state index contributed by atoms with van der Waals surface area (Å²) in [6, 6.07) is 26.8. The Kier molecular flexibility index (Phi) is 9.51. The van der Waals surface area contributed by atoms with E-state index in [0.717, 1.165) is 22.4 Å². The molecule has 0 radical (unpaired) electrons. The second kappa shape index (κ2) is 12.8. The molecule has 3 aromatic carbocycles. The van der Waals surface area contributed by atoms with Crippen molar-refractivity contribution >= 4 is 12.0 Å².